The summed E-state index contributed by atoms with van der Waals surface area (Å²) in [6, 6.07) is 1.67. The van der Waals surface area contributed by atoms with Gasteiger partial charge in [-0.3, -0.25) is 4.40 Å². The van der Waals surface area contributed by atoms with Crippen molar-refractivity contribution in [3.05, 3.63) is 23.4 Å². The molecule has 0 radical (unpaired) electrons. The first-order valence-corrected chi connectivity index (χ1v) is 5.40. The first kappa shape index (κ1) is 11.3. The van der Waals surface area contributed by atoms with Crippen LogP contribution in [0.5, 0.6) is 0 Å². The van der Waals surface area contributed by atoms with E-state index >= 15 is 0 Å². The van der Waals surface area contributed by atoms with Crippen molar-refractivity contribution in [2.75, 3.05) is 7.11 Å². The summed E-state index contributed by atoms with van der Waals surface area (Å²) >= 11 is 5.79. The fourth-order valence-corrected chi connectivity index (χ4v) is 1.67. The molecule has 0 bridgehead atoms. The molecule has 2 heterocycles. The van der Waals surface area contributed by atoms with Gasteiger partial charge < -0.3 is 4.74 Å². The van der Waals surface area contributed by atoms with E-state index in [1.807, 2.05) is 13.8 Å². The summed E-state index contributed by atoms with van der Waals surface area (Å²) in [5.74, 6) is 0.733. The molecule has 0 aliphatic rings. The molecule has 0 amide bonds. The molecule has 16 heavy (non-hydrogen) atoms. The Labute approximate surface area is 98.4 Å². The van der Waals surface area contributed by atoms with Gasteiger partial charge in [0, 0.05) is 13.2 Å². The largest absolute Gasteiger partial charge is 0.371 e. The molecule has 1 atom stereocenters. The van der Waals surface area contributed by atoms with Crippen molar-refractivity contribution in [3.63, 3.8) is 0 Å². The van der Waals surface area contributed by atoms with E-state index in [0.717, 1.165) is 12.2 Å². The Morgan fingerprint density at radius 2 is 2.25 bits per heavy atom. The lowest BCUT2D eigenvalue weighted by Gasteiger charge is -2.24. The van der Waals surface area contributed by atoms with E-state index in [4.69, 9.17) is 16.3 Å². The number of aromatic nitrogens is 4. The maximum atomic E-state index is 5.79. The molecule has 2 rings (SSSR count). The number of fused-ring (bicyclic) bond motifs is 1. The van der Waals surface area contributed by atoms with Gasteiger partial charge in [-0.15, -0.1) is 10.2 Å². The van der Waals surface area contributed by atoms with Crippen molar-refractivity contribution in [2.24, 2.45) is 0 Å². The molecule has 2 aromatic heterocycles. The van der Waals surface area contributed by atoms with Crippen LogP contribution in [0.3, 0.4) is 0 Å². The van der Waals surface area contributed by atoms with E-state index in [0.29, 0.717) is 10.8 Å². The van der Waals surface area contributed by atoms with Crippen LogP contribution in [0.25, 0.3) is 5.65 Å². The molecule has 0 spiro atoms. The molecule has 0 aromatic carbocycles. The van der Waals surface area contributed by atoms with Gasteiger partial charge in [0.05, 0.1) is 0 Å². The fraction of sp³-hybridized carbons (Fsp3) is 0.500. The number of halogens is 1. The van der Waals surface area contributed by atoms with Gasteiger partial charge in [0.2, 0.25) is 0 Å². The molecule has 5 nitrogen and oxygen atoms in total. The predicted molar refractivity (Wildman–Crippen MR) is 60.4 cm³/mol. The topological polar surface area (TPSA) is 52.3 Å². The monoisotopic (exact) mass is 240 g/mol. The number of ether oxygens (including phenoxy) is 1. The Balaban J connectivity index is 2.62. The van der Waals surface area contributed by atoms with Crippen LogP contribution in [0.2, 0.25) is 5.15 Å². The first-order valence-electron chi connectivity index (χ1n) is 5.02. The summed E-state index contributed by atoms with van der Waals surface area (Å²) in [6.45, 7) is 4.01. The van der Waals surface area contributed by atoms with Crippen LogP contribution in [0.1, 0.15) is 26.1 Å². The van der Waals surface area contributed by atoms with Crippen molar-refractivity contribution < 1.29 is 4.74 Å². The van der Waals surface area contributed by atoms with Gasteiger partial charge >= 0.3 is 0 Å². The molecular formula is C10H13ClN4O. The van der Waals surface area contributed by atoms with Gasteiger partial charge in [-0.25, -0.2) is 4.98 Å². The Hall–Kier alpha value is -1.20. The van der Waals surface area contributed by atoms with E-state index in [1.165, 1.54) is 0 Å². The van der Waals surface area contributed by atoms with Gasteiger partial charge in [0.25, 0.3) is 0 Å². The average molecular weight is 241 g/mol. The third-order valence-corrected chi connectivity index (χ3v) is 3.07. The summed E-state index contributed by atoms with van der Waals surface area (Å²) in [6.07, 6.45) is 2.41. The molecule has 0 saturated heterocycles. The molecule has 0 aliphatic heterocycles. The lowest BCUT2D eigenvalue weighted by Crippen LogP contribution is -2.26. The Morgan fingerprint density at radius 1 is 1.50 bits per heavy atom. The van der Waals surface area contributed by atoms with E-state index in [2.05, 4.69) is 15.2 Å². The van der Waals surface area contributed by atoms with Gasteiger partial charge in [-0.1, -0.05) is 18.5 Å². The first-order chi connectivity index (χ1) is 7.60. The molecule has 0 N–H and O–H groups in total. The molecule has 0 saturated carbocycles. The minimum Gasteiger partial charge on any atom is -0.371 e. The number of hydrogen-bond donors (Lipinski definition) is 0. The Kier molecular flexibility index (Phi) is 2.82. The zero-order chi connectivity index (χ0) is 11.8. The molecule has 6 heteroatoms. The maximum absolute atomic E-state index is 5.79. The Morgan fingerprint density at radius 3 is 2.88 bits per heavy atom. The summed E-state index contributed by atoms with van der Waals surface area (Å²) < 4.78 is 7.28. The summed E-state index contributed by atoms with van der Waals surface area (Å²) in [5.41, 5.74) is 0.210. The fourth-order valence-electron chi connectivity index (χ4n) is 1.53. The van der Waals surface area contributed by atoms with Crippen LogP contribution < -0.4 is 0 Å². The third kappa shape index (κ3) is 1.66. The summed E-state index contributed by atoms with van der Waals surface area (Å²) in [7, 11) is 1.66. The Bertz CT molecular complexity index is 506. The number of rotatable bonds is 3. The zero-order valence-electron chi connectivity index (χ0n) is 9.44. The van der Waals surface area contributed by atoms with Crippen LogP contribution in [0.4, 0.5) is 0 Å². The van der Waals surface area contributed by atoms with Gasteiger partial charge in [-0.2, -0.15) is 0 Å². The SMILES string of the molecule is CCC(C)(OC)c1nnc2cc(Cl)ncn12. The molecular weight excluding hydrogens is 228 g/mol. The van der Waals surface area contributed by atoms with Crippen molar-refractivity contribution >= 4 is 17.2 Å². The minimum atomic E-state index is -0.463. The molecule has 0 aliphatic carbocycles. The third-order valence-electron chi connectivity index (χ3n) is 2.87. The zero-order valence-corrected chi connectivity index (χ0v) is 10.2. The van der Waals surface area contributed by atoms with Crippen LogP contribution >= 0.6 is 11.6 Å². The van der Waals surface area contributed by atoms with Crippen LogP contribution in [0.15, 0.2) is 12.4 Å². The standard InChI is InChI=1S/C10H13ClN4O/c1-4-10(2,16-3)9-14-13-8-5-7(11)12-6-15(8)9/h5-6H,4H2,1-3H3. The lowest BCUT2D eigenvalue weighted by molar-refractivity contribution is -0.00983. The second-order valence-electron chi connectivity index (χ2n) is 3.75. The normalized spacial score (nSPS) is 15.2. The van der Waals surface area contributed by atoms with Gasteiger partial charge in [0.15, 0.2) is 11.5 Å². The van der Waals surface area contributed by atoms with Crippen molar-refractivity contribution in [1.82, 2.24) is 19.6 Å². The van der Waals surface area contributed by atoms with Crippen molar-refractivity contribution in [3.8, 4) is 0 Å². The maximum Gasteiger partial charge on any atom is 0.170 e. The van der Waals surface area contributed by atoms with Crippen molar-refractivity contribution in [2.45, 2.75) is 25.9 Å². The quantitative estimate of drug-likeness (QED) is 0.771. The van der Waals surface area contributed by atoms with E-state index in [-0.39, 0.29) is 0 Å². The van der Waals surface area contributed by atoms with Crippen LogP contribution in [-0.4, -0.2) is 26.7 Å². The second-order valence-corrected chi connectivity index (χ2v) is 4.14. The summed E-state index contributed by atoms with van der Waals surface area (Å²) in [4.78, 5) is 4.02. The highest BCUT2D eigenvalue weighted by atomic mass is 35.5. The number of methoxy groups -OCH3 is 1. The second kappa shape index (κ2) is 3.99. The number of nitrogens with zero attached hydrogens (tertiary/aromatic N) is 4. The highest BCUT2D eigenvalue weighted by molar-refractivity contribution is 6.29. The van der Waals surface area contributed by atoms with Gasteiger partial charge in [-0.05, 0) is 13.3 Å². The molecule has 0 fully saturated rings. The van der Waals surface area contributed by atoms with Crippen LogP contribution in [0, 0.1) is 0 Å². The molecule has 86 valence electrons. The van der Waals surface area contributed by atoms with E-state index in [9.17, 15) is 0 Å². The molecule has 1 unspecified atom stereocenters. The minimum absolute atomic E-state index is 0.405. The van der Waals surface area contributed by atoms with Crippen LogP contribution in [-0.2, 0) is 10.3 Å². The predicted octanol–water partition coefficient (Wildman–Crippen LogP) is 2.05. The van der Waals surface area contributed by atoms with E-state index < -0.39 is 5.60 Å². The molecule has 2 aromatic rings. The lowest BCUT2D eigenvalue weighted by atomic mass is 10.0. The number of hydrogen-bond acceptors (Lipinski definition) is 4. The summed E-state index contributed by atoms with van der Waals surface area (Å²) in [5, 5.41) is 8.59. The average Bonchev–Trinajstić information content (AvgIpc) is 2.71. The smallest absolute Gasteiger partial charge is 0.170 e. The van der Waals surface area contributed by atoms with Gasteiger partial charge in [0.1, 0.15) is 17.1 Å². The highest BCUT2D eigenvalue weighted by Crippen LogP contribution is 2.26. The highest BCUT2D eigenvalue weighted by Gasteiger charge is 2.29. The van der Waals surface area contributed by atoms with Crippen molar-refractivity contribution in [1.29, 1.82) is 0 Å². The van der Waals surface area contributed by atoms with E-state index in [1.54, 1.807) is 23.9 Å².